The molecule has 1 aliphatic rings. The van der Waals surface area contributed by atoms with E-state index >= 15 is 0 Å². The molecule has 1 heterocycles. The Balaban J connectivity index is 1.72. The topological polar surface area (TPSA) is 36.9 Å². The summed E-state index contributed by atoms with van der Waals surface area (Å²) in [5, 5.41) is 6.02. The van der Waals surface area contributed by atoms with E-state index in [1.54, 1.807) is 0 Å². The third-order valence-corrected chi connectivity index (χ3v) is 4.76. The average Bonchev–Trinajstić information content (AvgIpc) is 3.12. The van der Waals surface area contributed by atoms with E-state index in [-0.39, 0.29) is 0 Å². The quantitative estimate of drug-likeness (QED) is 0.644. The van der Waals surface area contributed by atoms with Gasteiger partial charge in [0.1, 0.15) is 0 Å². The monoisotopic (exact) mass is 339 g/mol. The molecule has 2 aromatic carbocycles. The number of fused-ring (bicyclic) bond motifs is 1. The van der Waals surface area contributed by atoms with Gasteiger partial charge in [-0.15, -0.1) is 0 Å². The number of hydrogen-bond acceptors (Lipinski definition) is 2. The Bertz CT molecular complexity index is 708. The van der Waals surface area contributed by atoms with Gasteiger partial charge in [0, 0.05) is 32.2 Å². The summed E-state index contributed by atoms with van der Waals surface area (Å²) >= 11 is 0. The van der Waals surface area contributed by atoms with Gasteiger partial charge in [0.15, 0.2) is 5.96 Å². The Morgan fingerprint density at radius 3 is 2.88 bits per heavy atom. The van der Waals surface area contributed by atoms with Gasteiger partial charge in [0.2, 0.25) is 0 Å². The first kappa shape index (κ1) is 17.7. The smallest absolute Gasteiger partial charge is 0.194 e. The van der Waals surface area contributed by atoms with Crippen molar-refractivity contribution in [2.75, 3.05) is 32.8 Å². The number of aliphatic imine (C=N–C) groups is 1. The van der Waals surface area contributed by atoms with Crippen molar-refractivity contribution in [2.45, 2.75) is 26.8 Å². The SMILES string of the molecule is CCNC(=NCc1cccc2ccccc12)N1CCC(COCC)C1. The van der Waals surface area contributed by atoms with Crippen LogP contribution in [0.3, 0.4) is 0 Å². The van der Waals surface area contributed by atoms with Crippen LogP contribution in [0.5, 0.6) is 0 Å². The standard InChI is InChI=1S/C21H29N3O/c1-3-22-21(24-13-12-17(15-24)16-25-4-2)23-14-19-10-7-9-18-8-5-6-11-20(18)19/h5-11,17H,3-4,12-16H2,1-2H3,(H,22,23). The molecular weight excluding hydrogens is 310 g/mol. The molecule has 1 aliphatic heterocycles. The number of rotatable bonds is 6. The zero-order valence-electron chi connectivity index (χ0n) is 15.4. The first-order chi connectivity index (χ1) is 12.3. The second-order valence-electron chi connectivity index (χ2n) is 6.57. The van der Waals surface area contributed by atoms with Gasteiger partial charge >= 0.3 is 0 Å². The van der Waals surface area contributed by atoms with E-state index in [9.17, 15) is 0 Å². The van der Waals surface area contributed by atoms with Crippen LogP contribution in [-0.2, 0) is 11.3 Å². The van der Waals surface area contributed by atoms with Crippen molar-refractivity contribution in [1.82, 2.24) is 10.2 Å². The van der Waals surface area contributed by atoms with Crippen LogP contribution in [-0.4, -0.2) is 43.7 Å². The molecular formula is C21H29N3O. The fourth-order valence-corrected chi connectivity index (χ4v) is 3.46. The Morgan fingerprint density at radius 2 is 2.04 bits per heavy atom. The second kappa shape index (κ2) is 8.86. The average molecular weight is 339 g/mol. The van der Waals surface area contributed by atoms with E-state index in [2.05, 4.69) is 66.5 Å². The molecule has 1 fully saturated rings. The van der Waals surface area contributed by atoms with Crippen LogP contribution < -0.4 is 5.32 Å². The van der Waals surface area contributed by atoms with Crippen molar-refractivity contribution in [1.29, 1.82) is 0 Å². The van der Waals surface area contributed by atoms with Crippen molar-refractivity contribution >= 4 is 16.7 Å². The number of nitrogens with one attached hydrogen (secondary N) is 1. The number of hydrogen-bond donors (Lipinski definition) is 1. The van der Waals surface area contributed by atoms with Gasteiger partial charge in [-0.2, -0.15) is 0 Å². The lowest BCUT2D eigenvalue weighted by molar-refractivity contribution is 0.114. The van der Waals surface area contributed by atoms with E-state index in [0.717, 1.165) is 38.8 Å². The van der Waals surface area contributed by atoms with Crippen LogP contribution in [0.15, 0.2) is 47.5 Å². The summed E-state index contributed by atoms with van der Waals surface area (Å²) in [6.45, 7) is 9.52. The molecule has 1 N–H and O–H groups in total. The molecule has 0 spiro atoms. The first-order valence-electron chi connectivity index (χ1n) is 9.39. The summed E-state index contributed by atoms with van der Waals surface area (Å²) in [5.74, 6) is 1.63. The molecule has 0 saturated carbocycles. The predicted molar refractivity (Wildman–Crippen MR) is 105 cm³/mol. The number of likely N-dealkylation sites (tertiary alicyclic amines) is 1. The summed E-state index contributed by atoms with van der Waals surface area (Å²) < 4.78 is 5.60. The maximum Gasteiger partial charge on any atom is 0.194 e. The largest absolute Gasteiger partial charge is 0.381 e. The summed E-state index contributed by atoms with van der Waals surface area (Å²) in [6.07, 6.45) is 1.18. The highest BCUT2D eigenvalue weighted by atomic mass is 16.5. The zero-order chi connectivity index (χ0) is 17.5. The van der Waals surface area contributed by atoms with Gasteiger partial charge in [-0.05, 0) is 36.6 Å². The van der Waals surface area contributed by atoms with Gasteiger partial charge < -0.3 is 15.0 Å². The minimum Gasteiger partial charge on any atom is -0.381 e. The number of benzene rings is 2. The molecule has 1 atom stereocenters. The van der Waals surface area contributed by atoms with Gasteiger partial charge in [0.25, 0.3) is 0 Å². The molecule has 25 heavy (non-hydrogen) atoms. The van der Waals surface area contributed by atoms with Crippen LogP contribution in [0.2, 0.25) is 0 Å². The lowest BCUT2D eigenvalue weighted by atomic mass is 10.1. The lowest BCUT2D eigenvalue weighted by Crippen LogP contribution is -2.40. The van der Waals surface area contributed by atoms with E-state index in [1.165, 1.54) is 22.8 Å². The fraction of sp³-hybridized carbons (Fsp3) is 0.476. The second-order valence-corrected chi connectivity index (χ2v) is 6.57. The molecule has 0 aromatic heterocycles. The van der Waals surface area contributed by atoms with Crippen LogP contribution in [0.1, 0.15) is 25.8 Å². The number of guanidine groups is 1. The Morgan fingerprint density at radius 1 is 1.20 bits per heavy atom. The first-order valence-corrected chi connectivity index (χ1v) is 9.39. The van der Waals surface area contributed by atoms with Crippen LogP contribution in [0.25, 0.3) is 10.8 Å². The summed E-state index contributed by atoms with van der Waals surface area (Å²) in [4.78, 5) is 7.29. The van der Waals surface area contributed by atoms with Crippen molar-refractivity contribution in [3.8, 4) is 0 Å². The molecule has 1 saturated heterocycles. The summed E-state index contributed by atoms with van der Waals surface area (Å²) in [7, 11) is 0. The third kappa shape index (κ3) is 4.51. The molecule has 1 unspecified atom stereocenters. The Labute approximate surface area is 150 Å². The number of ether oxygens (including phenoxy) is 1. The zero-order valence-corrected chi connectivity index (χ0v) is 15.4. The van der Waals surface area contributed by atoms with Crippen LogP contribution >= 0.6 is 0 Å². The van der Waals surface area contributed by atoms with Crippen molar-refractivity contribution in [3.05, 3.63) is 48.0 Å². The molecule has 134 valence electrons. The highest BCUT2D eigenvalue weighted by molar-refractivity contribution is 5.86. The van der Waals surface area contributed by atoms with Gasteiger partial charge in [0.05, 0.1) is 13.2 Å². The molecule has 3 rings (SSSR count). The van der Waals surface area contributed by atoms with Crippen LogP contribution in [0.4, 0.5) is 0 Å². The molecule has 4 nitrogen and oxygen atoms in total. The van der Waals surface area contributed by atoms with E-state index < -0.39 is 0 Å². The summed E-state index contributed by atoms with van der Waals surface area (Å²) in [6, 6.07) is 15.0. The minimum absolute atomic E-state index is 0.612. The Kier molecular flexibility index (Phi) is 6.29. The molecule has 0 amide bonds. The van der Waals surface area contributed by atoms with Crippen molar-refractivity contribution < 1.29 is 4.74 Å². The normalized spacial score (nSPS) is 18.1. The highest BCUT2D eigenvalue weighted by Gasteiger charge is 2.24. The number of nitrogens with zero attached hydrogens (tertiary/aromatic N) is 2. The van der Waals surface area contributed by atoms with Crippen molar-refractivity contribution in [3.63, 3.8) is 0 Å². The third-order valence-electron chi connectivity index (χ3n) is 4.76. The summed E-state index contributed by atoms with van der Waals surface area (Å²) in [5.41, 5.74) is 1.28. The van der Waals surface area contributed by atoms with E-state index in [0.29, 0.717) is 12.5 Å². The molecule has 2 aromatic rings. The predicted octanol–water partition coefficient (Wildman–Crippen LogP) is 3.66. The van der Waals surface area contributed by atoms with Gasteiger partial charge in [-0.1, -0.05) is 42.5 Å². The fourth-order valence-electron chi connectivity index (χ4n) is 3.46. The highest BCUT2D eigenvalue weighted by Crippen LogP contribution is 2.20. The maximum atomic E-state index is 5.60. The minimum atomic E-state index is 0.612. The Hall–Kier alpha value is -2.07. The van der Waals surface area contributed by atoms with Gasteiger partial charge in [-0.25, -0.2) is 4.99 Å². The maximum absolute atomic E-state index is 5.60. The van der Waals surface area contributed by atoms with E-state index in [1.807, 2.05) is 0 Å². The van der Waals surface area contributed by atoms with E-state index in [4.69, 9.17) is 9.73 Å². The molecule has 4 heteroatoms. The van der Waals surface area contributed by atoms with Gasteiger partial charge in [-0.3, -0.25) is 0 Å². The molecule has 0 radical (unpaired) electrons. The van der Waals surface area contributed by atoms with Crippen LogP contribution in [0, 0.1) is 5.92 Å². The molecule has 0 aliphatic carbocycles. The molecule has 0 bridgehead atoms. The van der Waals surface area contributed by atoms with Crippen molar-refractivity contribution in [2.24, 2.45) is 10.9 Å². The lowest BCUT2D eigenvalue weighted by Gasteiger charge is -2.22.